The molecule has 2 N–H and O–H groups in total. The Bertz CT molecular complexity index is 1010. The summed E-state index contributed by atoms with van der Waals surface area (Å²) < 4.78 is 7.06. The van der Waals surface area contributed by atoms with Gasteiger partial charge in [0.25, 0.3) is 0 Å². The molecule has 3 aromatic rings. The Morgan fingerprint density at radius 1 is 1.16 bits per heavy atom. The fraction of sp³-hybridized carbons (Fsp3) is 0.364. The molecule has 0 unspecified atom stereocenters. The maximum atomic E-state index is 11.6. The SMILES string of the molecule is COc1ccc(Cn2nnnc2[C@H](c2ccc(Cl)cc2)N2CCC(C(N)=O)CC2)cc1. The van der Waals surface area contributed by atoms with E-state index in [4.69, 9.17) is 22.1 Å². The zero-order valence-corrected chi connectivity index (χ0v) is 18.1. The number of likely N-dealkylation sites (tertiary alicyclic amines) is 1. The lowest BCUT2D eigenvalue weighted by atomic mass is 9.93. The zero-order chi connectivity index (χ0) is 21.8. The van der Waals surface area contributed by atoms with Crippen molar-refractivity contribution in [2.45, 2.75) is 25.4 Å². The van der Waals surface area contributed by atoms with Gasteiger partial charge < -0.3 is 10.5 Å². The third-order valence-electron chi connectivity index (χ3n) is 5.78. The van der Waals surface area contributed by atoms with Crippen molar-refractivity contribution in [2.24, 2.45) is 11.7 Å². The van der Waals surface area contributed by atoms with Crippen LogP contribution in [0.3, 0.4) is 0 Å². The fourth-order valence-corrected chi connectivity index (χ4v) is 4.16. The van der Waals surface area contributed by atoms with Gasteiger partial charge in [-0.15, -0.1) is 5.10 Å². The Hall–Kier alpha value is -2.97. The molecule has 1 atom stereocenters. The van der Waals surface area contributed by atoms with Crippen LogP contribution in [0.1, 0.15) is 35.8 Å². The second-order valence-electron chi connectivity index (χ2n) is 7.71. The number of hydrogen-bond acceptors (Lipinski definition) is 6. The maximum absolute atomic E-state index is 11.6. The van der Waals surface area contributed by atoms with Gasteiger partial charge in [0.2, 0.25) is 5.91 Å². The molecule has 1 fully saturated rings. The van der Waals surface area contributed by atoms with Gasteiger partial charge in [-0.25, -0.2) is 4.68 Å². The van der Waals surface area contributed by atoms with E-state index in [0.717, 1.165) is 48.6 Å². The van der Waals surface area contributed by atoms with Gasteiger partial charge in [-0.1, -0.05) is 35.9 Å². The molecule has 0 aliphatic carbocycles. The number of carbonyl (C=O) groups is 1. The molecule has 4 rings (SSSR count). The van der Waals surface area contributed by atoms with Crippen molar-refractivity contribution in [3.8, 4) is 5.75 Å². The first-order chi connectivity index (χ1) is 15.0. The number of nitrogens with zero attached hydrogens (tertiary/aromatic N) is 5. The summed E-state index contributed by atoms with van der Waals surface area (Å²) in [4.78, 5) is 13.9. The molecule has 0 spiro atoms. The summed E-state index contributed by atoms with van der Waals surface area (Å²) in [6.07, 6.45) is 1.44. The van der Waals surface area contributed by atoms with E-state index >= 15 is 0 Å². The van der Waals surface area contributed by atoms with E-state index in [2.05, 4.69) is 20.4 Å². The fourth-order valence-electron chi connectivity index (χ4n) is 4.03. The van der Waals surface area contributed by atoms with Gasteiger partial charge in [0.05, 0.1) is 19.7 Å². The molecule has 2 heterocycles. The Morgan fingerprint density at radius 2 is 1.84 bits per heavy atom. The first kappa shape index (κ1) is 21.3. The largest absolute Gasteiger partial charge is 0.497 e. The average molecular weight is 441 g/mol. The summed E-state index contributed by atoms with van der Waals surface area (Å²) >= 11 is 6.12. The van der Waals surface area contributed by atoms with Gasteiger partial charge in [0, 0.05) is 10.9 Å². The monoisotopic (exact) mass is 440 g/mol. The predicted molar refractivity (Wildman–Crippen MR) is 117 cm³/mol. The number of methoxy groups -OCH3 is 1. The van der Waals surface area contributed by atoms with Crippen LogP contribution in [0.4, 0.5) is 0 Å². The van der Waals surface area contributed by atoms with E-state index in [1.807, 2.05) is 53.2 Å². The van der Waals surface area contributed by atoms with Crippen molar-refractivity contribution in [2.75, 3.05) is 20.2 Å². The number of halogens is 1. The Labute approximate surface area is 185 Å². The topological polar surface area (TPSA) is 99.2 Å². The van der Waals surface area contributed by atoms with Crippen LogP contribution in [0.2, 0.25) is 5.02 Å². The van der Waals surface area contributed by atoms with E-state index in [0.29, 0.717) is 11.6 Å². The van der Waals surface area contributed by atoms with E-state index in [9.17, 15) is 4.79 Å². The van der Waals surface area contributed by atoms with Crippen LogP contribution < -0.4 is 10.5 Å². The minimum Gasteiger partial charge on any atom is -0.497 e. The number of hydrogen-bond donors (Lipinski definition) is 1. The molecule has 8 nitrogen and oxygen atoms in total. The molecule has 162 valence electrons. The molecule has 1 aliphatic heterocycles. The molecule has 1 saturated heterocycles. The van der Waals surface area contributed by atoms with E-state index in [-0.39, 0.29) is 17.9 Å². The van der Waals surface area contributed by atoms with Crippen LogP contribution in [-0.2, 0) is 11.3 Å². The smallest absolute Gasteiger partial charge is 0.220 e. The number of primary amides is 1. The average Bonchev–Trinajstić information content (AvgIpc) is 3.24. The molecule has 1 aliphatic rings. The van der Waals surface area contributed by atoms with E-state index in [1.54, 1.807) is 7.11 Å². The number of amides is 1. The Morgan fingerprint density at radius 3 is 2.45 bits per heavy atom. The van der Waals surface area contributed by atoms with Crippen LogP contribution in [0, 0.1) is 5.92 Å². The van der Waals surface area contributed by atoms with Crippen LogP contribution in [-0.4, -0.2) is 51.2 Å². The molecular weight excluding hydrogens is 416 g/mol. The zero-order valence-electron chi connectivity index (χ0n) is 17.3. The molecule has 9 heteroatoms. The van der Waals surface area contributed by atoms with Crippen LogP contribution in [0.25, 0.3) is 0 Å². The number of piperidine rings is 1. The van der Waals surface area contributed by atoms with Crippen LogP contribution in [0.15, 0.2) is 48.5 Å². The van der Waals surface area contributed by atoms with Gasteiger partial charge >= 0.3 is 0 Å². The molecule has 1 amide bonds. The van der Waals surface area contributed by atoms with Gasteiger partial charge in [-0.05, 0) is 71.8 Å². The number of tetrazole rings is 1. The first-order valence-corrected chi connectivity index (χ1v) is 10.6. The minimum absolute atomic E-state index is 0.0857. The highest BCUT2D eigenvalue weighted by Gasteiger charge is 2.32. The summed E-state index contributed by atoms with van der Waals surface area (Å²) in [5.41, 5.74) is 7.64. The number of ether oxygens (including phenoxy) is 1. The van der Waals surface area contributed by atoms with Crippen molar-refractivity contribution in [1.29, 1.82) is 0 Å². The minimum atomic E-state index is -0.230. The molecule has 0 saturated carbocycles. The summed E-state index contributed by atoms with van der Waals surface area (Å²) in [7, 11) is 1.65. The highest BCUT2D eigenvalue weighted by atomic mass is 35.5. The number of nitrogens with two attached hydrogens (primary N) is 1. The van der Waals surface area contributed by atoms with Crippen molar-refractivity contribution < 1.29 is 9.53 Å². The molecule has 31 heavy (non-hydrogen) atoms. The molecular formula is C22H25ClN6O2. The van der Waals surface area contributed by atoms with Crippen molar-refractivity contribution in [3.05, 3.63) is 70.5 Å². The Balaban J connectivity index is 1.63. The highest BCUT2D eigenvalue weighted by Crippen LogP contribution is 2.32. The van der Waals surface area contributed by atoms with Crippen molar-refractivity contribution in [3.63, 3.8) is 0 Å². The lowest BCUT2D eigenvalue weighted by Gasteiger charge is -2.36. The van der Waals surface area contributed by atoms with Gasteiger partial charge in [0.1, 0.15) is 5.75 Å². The standard InChI is InChI=1S/C22H25ClN6O2/c1-31-19-8-2-15(3-9-19)14-29-22(25-26-27-29)20(16-4-6-18(23)7-5-16)28-12-10-17(11-13-28)21(24)30/h2-9,17,20H,10-14H2,1H3,(H2,24,30)/t20-/m0/s1. The van der Waals surface area contributed by atoms with E-state index < -0.39 is 0 Å². The van der Waals surface area contributed by atoms with Crippen LogP contribution in [0.5, 0.6) is 5.75 Å². The highest BCUT2D eigenvalue weighted by molar-refractivity contribution is 6.30. The molecule has 2 aromatic carbocycles. The normalized spacial score (nSPS) is 16.2. The van der Waals surface area contributed by atoms with Gasteiger partial charge in [-0.3, -0.25) is 9.69 Å². The third-order valence-corrected chi connectivity index (χ3v) is 6.03. The lowest BCUT2D eigenvalue weighted by molar-refractivity contribution is -0.123. The number of benzene rings is 2. The van der Waals surface area contributed by atoms with Gasteiger partial charge in [-0.2, -0.15) is 0 Å². The Kier molecular flexibility index (Phi) is 6.48. The van der Waals surface area contributed by atoms with Crippen LogP contribution >= 0.6 is 11.6 Å². The summed E-state index contributed by atoms with van der Waals surface area (Å²) in [5.74, 6) is 1.23. The first-order valence-electron chi connectivity index (χ1n) is 10.2. The quantitative estimate of drug-likeness (QED) is 0.606. The summed E-state index contributed by atoms with van der Waals surface area (Å²) in [5, 5.41) is 13.3. The molecule has 1 aromatic heterocycles. The molecule has 0 radical (unpaired) electrons. The van der Waals surface area contributed by atoms with Crippen molar-refractivity contribution in [1.82, 2.24) is 25.1 Å². The molecule has 0 bridgehead atoms. The van der Waals surface area contributed by atoms with Gasteiger partial charge in [0.15, 0.2) is 5.82 Å². The summed E-state index contributed by atoms with van der Waals surface area (Å²) in [6, 6.07) is 15.4. The maximum Gasteiger partial charge on any atom is 0.220 e. The van der Waals surface area contributed by atoms with Crippen molar-refractivity contribution >= 4 is 17.5 Å². The second-order valence-corrected chi connectivity index (χ2v) is 8.15. The number of aromatic nitrogens is 4. The lowest BCUT2D eigenvalue weighted by Crippen LogP contribution is -2.41. The summed E-state index contributed by atoms with van der Waals surface area (Å²) in [6.45, 7) is 2.00. The number of carbonyl (C=O) groups excluding carboxylic acids is 1. The predicted octanol–water partition coefficient (Wildman–Crippen LogP) is 2.67. The third kappa shape index (κ3) is 4.86. The van der Waals surface area contributed by atoms with E-state index in [1.165, 1.54) is 0 Å². The number of rotatable bonds is 7. The second kappa shape index (κ2) is 9.45.